The van der Waals surface area contributed by atoms with Gasteiger partial charge >= 0.3 is 0 Å². The molecule has 9 aromatic rings. The molecular weight excluding hydrogens is 603 g/mol. The lowest BCUT2D eigenvalue weighted by Gasteiger charge is -2.22. The lowest BCUT2D eigenvalue weighted by Crippen LogP contribution is -2.14. The third-order valence-corrected chi connectivity index (χ3v) is 10.9. The second-order valence-electron chi connectivity index (χ2n) is 14.2. The highest BCUT2D eigenvalue weighted by atomic mass is 15.0. The highest BCUT2D eigenvalue weighted by Crippen LogP contribution is 2.54. The number of hydrogen-bond acceptors (Lipinski definition) is 0. The molecule has 0 amide bonds. The van der Waals surface area contributed by atoms with Gasteiger partial charge in [0.2, 0.25) is 0 Å². The summed E-state index contributed by atoms with van der Waals surface area (Å²) in [4.78, 5) is 0. The molecule has 0 radical (unpaired) electrons. The quantitative estimate of drug-likeness (QED) is 0.181. The van der Waals surface area contributed by atoms with Crippen molar-refractivity contribution in [2.75, 3.05) is 0 Å². The van der Waals surface area contributed by atoms with Crippen LogP contribution in [-0.4, -0.2) is 4.57 Å². The first-order chi connectivity index (χ1) is 24.5. The smallest absolute Gasteiger partial charge is 0.0622 e. The zero-order chi connectivity index (χ0) is 33.4. The summed E-state index contributed by atoms with van der Waals surface area (Å²) in [5.41, 5.74) is 16.4. The summed E-state index contributed by atoms with van der Waals surface area (Å²) in [5.74, 6) is 0. The molecule has 1 aromatic heterocycles. The average Bonchev–Trinajstić information content (AvgIpc) is 3.63. The van der Waals surface area contributed by atoms with Crippen LogP contribution in [0.1, 0.15) is 25.0 Å². The van der Waals surface area contributed by atoms with Crippen LogP contribution in [-0.2, 0) is 5.41 Å². The van der Waals surface area contributed by atoms with Gasteiger partial charge in [-0.1, -0.05) is 141 Å². The van der Waals surface area contributed by atoms with Gasteiger partial charge in [-0.15, -0.1) is 0 Å². The Morgan fingerprint density at radius 3 is 1.58 bits per heavy atom. The van der Waals surface area contributed by atoms with E-state index in [4.69, 9.17) is 0 Å². The Kier molecular flexibility index (Phi) is 6.29. The molecule has 0 bridgehead atoms. The lowest BCUT2D eigenvalue weighted by atomic mass is 9.82. The highest BCUT2D eigenvalue weighted by Gasteiger charge is 2.38. The summed E-state index contributed by atoms with van der Waals surface area (Å²) in [6.07, 6.45) is 0. The van der Waals surface area contributed by atoms with Crippen LogP contribution in [0.2, 0.25) is 0 Å². The molecular formula is C49H35N. The molecule has 0 saturated carbocycles. The first-order valence-corrected chi connectivity index (χ1v) is 17.5. The van der Waals surface area contributed by atoms with E-state index >= 15 is 0 Å². The number of nitrogens with zero attached hydrogens (tertiary/aromatic N) is 1. The molecule has 1 nitrogen and oxygen atoms in total. The van der Waals surface area contributed by atoms with E-state index < -0.39 is 0 Å². The second-order valence-corrected chi connectivity index (χ2v) is 14.2. The van der Waals surface area contributed by atoms with Gasteiger partial charge in [0.05, 0.1) is 11.0 Å². The SMILES string of the molecule is CC1(C)c2cc3ccccc3cc2-c2c1ccc1c3ccccc3n(-c3ccc(-c4cc(-c5ccccc5)cc(-c5ccccc5)c4)cc3)c21. The summed E-state index contributed by atoms with van der Waals surface area (Å²) in [5, 5.41) is 5.16. The van der Waals surface area contributed by atoms with Crippen molar-refractivity contribution in [2.24, 2.45) is 0 Å². The van der Waals surface area contributed by atoms with Gasteiger partial charge in [-0.3, -0.25) is 0 Å². The van der Waals surface area contributed by atoms with Crippen molar-refractivity contribution >= 4 is 32.6 Å². The molecule has 0 unspecified atom stereocenters. The van der Waals surface area contributed by atoms with Crippen molar-refractivity contribution in [3.63, 3.8) is 0 Å². The molecule has 10 rings (SSSR count). The topological polar surface area (TPSA) is 4.93 Å². The van der Waals surface area contributed by atoms with E-state index in [9.17, 15) is 0 Å². The number of para-hydroxylation sites is 1. The largest absolute Gasteiger partial charge is 0.309 e. The van der Waals surface area contributed by atoms with Crippen molar-refractivity contribution < 1.29 is 0 Å². The van der Waals surface area contributed by atoms with Crippen LogP contribution in [0.5, 0.6) is 0 Å². The number of benzene rings is 8. The Bertz CT molecular complexity index is 2690. The maximum Gasteiger partial charge on any atom is 0.0622 e. The molecule has 0 saturated heterocycles. The predicted molar refractivity (Wildman–Crippen MR) is 212 cm³/mol. The van der Waals surface area contributed by atoms with E-state index in [0.717, 1.165) is 0 Å². The van der Waals surface area contributed by atoms with Gasteiger partial charge in [0.15, 0.2) is 0 Å². The summed E-state index contributed by atoms with van der Waals surface area (Å²) in [6, 6.07) is 64.8. The van der Waals surface area contributed by atoms with Crippen molar-refractivity contribution in [3.8, 4) is 50.2 Å². The fourth-order valence-corrected chi connectivity index (χ4v) is 8.42. The predicted octanol–water partition coefficient (Wildman–Crippen LogP) is 13.2. The number of hydrogen-bond donors (Lipinski definition) is 0. The van der Waals surface area contributed by atoms with E-state index in [-0.39, 0.29) is 5.41 Å². The minimum Gasteiger partial charge on any atom is -0.309 e. The van der Waals surface area contributed by atoms with Gasteiger partial charge in [-0.2, -0.15) is 0 Å². The molecule has 0 fully saturated rings. The summed E-state index contributed by atoms with van der Waals surface area (Å²) < 4.78 is 2.50. The molecule has 1 heterocycles. The Morgan fingerprint density at radius 1 is 0.400 bits per heavy atom. The van der Waals surface area contributed by atoms with Crippen LogP contribution < -0.4 is 0 Å². The molecule has 50 heavy (non-hydrogen) atoms. The monoisotopic (exact) mass is 637 g/mol. The van der Waals surface area contributed by atoms with E-state index in [1.54, 1.807) is 0 Å². The van der Waals surface area contributed by atoms with Crippen LogP contribution in [0.3, 0.4) is 0 Å². The minimum absolute atomic E-state index is 0.103. The van der Waals surface area contributed by atoms with Gasteiger partial charge in [-0.05, 0) is 109 Å². The standard InChI is InChI=1S/C49H35N/c1-49(2)44-26-25-42-41-19-11-12-20-46(41)50(48(42)47(44)43-30-35-17-9-10-18-36(35)31-45(43)49)40-23-21-34(22-24-40)39-28-37(32-13-5-3-6-14-32)27-38(29-39)33-15-7-4-8-16-33/h3-31H,1-2H3. The fraction of sp³-hybridized carbons (Fsp3) is 0.0612. The molecule has 1 aliphatic carbocycles. The molecule has 0 aliphatic heterocycles. The molecule has 8 aromatic carbocycles. The normalized spacial score (nSPS) is 13.2. The van der Waals surface area contributed by atoms with Gasteiger partial charge < -0.3 is 4.57 Å². The Balaban J connectivity index is 1.18. The number of rotatable bonds is 4. The van der Waals surface area contributed by atoms with Crippen LogP contribution in [0.15, 0.2) is 176 Å². The van der Waals surface area contributed by atoms with Gasteiger partial charge in [-0.25, -0.2) is 0 Å². The van der Waals surface area contributed by atoms with E-state index in [2.05, 4.69) is 194 Å². The van der Waals surface area contributed by atoms with Gasteiger partial charge in [0, 0.05) is 27.4 Å². The van der Waals surface area contributed by atoms with Crippen LogP contribution >= 0.6 is 0 Å². The molecule has 1 heteroatoms. The number of aromatic nitrogens is 1. The van der Waals surface area contributed by atoms with E-state index in [1.165, 1.54) is 93.9 Å². The third-order valence-electron chi connectivity index (χ3n) is 10.9. The summed E-state index contributed by atoms with van der Waals surface area (Å²) in [7, 11) is 0. The van der Waals surface area contributed by atoms with E-state index in [1.807, 2.05) is 0 Å². The molecule has 0 N–H and O–H groups in total. The average molecular weight is 638 g/mol. The zero-order valence-electron chi connectivity index (χ0n) is 28.2. The fourth-order valence-electron chi connectivity index (χ4n) is 8.42. The maximum absolute atomic E-state index is 2.50. The Morgan fingerprint density at radius 2 is 0.940 bits per heavy atom. The van der Waals surface area contributed by atoms with Crippen LogP contribution in [0.25, 0.3) is 82.8 Å². The summed E-state index contributed by atoms with van der Waals surface area (Å²) in [6.45, 7) is 4.76. The Hall–Kier alpha value is -6.18. The highest BCUT2D eigenvalue weighted by molar-refractivity contribution is 6.16. The number of fused-ring (bicyclic) bond motifs is 8. The third kappa shape index (κ3) is 4.33. The molecule has 1 aliphatic rings. The lowest BCUT2D eigenvalue weighted by molar-refractivity contribution is 0.661. The van der Waals surface area contributed by atoms with Gasteiger partial charge in [0.1, 0.15) is 0 Å². The zero-order valence-corrected chi connectivity index (χ0v) is 28.2. The maximum atomic E-state index is 2.50. The van der Waals surface area contributed by atoms with Crippen molar-refractivity contribution in [1.29, 1.82) is 0 Å². The second kappa shape index (κ2) is 10.9. The van der Waals surface area contributed by atoms with Crippen molar-refractivity contribution in [2.45, 2.75) is 19.3 Å². The molecule has 236 valence electrons. The first kappa shape index (κ1) is 28.8. The van der Waals surface area contributed by atoms with E-state index in [0.29, 0.717) is 0 Å². The summed E-state index contributed by atoms with van der Waals surface area (Å²) >= 11 is 0. The molecule has 0 spiro atoms. The minimum atomic E-state index is -0.103. The van der Waals surface area contributed by atoms with Gasteiger partial charge in [0.25, 0.3) is 0 Å². The molecule has 0 atom stereocenters. The van der Waals surface area contributed by atoms with Crippen LogP contribution in [0, 0.1) is 0 Å². The first-order valence-electron chi connectivity index (χ1n) is 17.5. The van der Waals surface area contributed by atoms with Crippen LogP contribution in [0.4, 0.5) is 0 Å². The Labute approximate surface area is 292 Å². The van der Waals surface area contributed by atoms with Crippen molar-refractivity contribution in [1.82, 2.24) is 4.57 Å². The van der Waals surface area contributed by atoms with Crippen molar-refractivity contribution in [3.05, 3.63) is 187 Å².